The van der Waals surface area contributed by atoms with E-state index in [1.165, 1.54) is 11.0 Å². The molecule has 0 saturated heterocycles. The summed E-state index contributed by atoms with van der Waals surface area (Å²) in [6, 6.07) is 6.25. The molecule has 2 rings (SSSR count). The molecule has 1 aromatic carbocycles. The molecule has 1 heterocycles. The van der Waals surface area contributed by atoms with Crippen LogP contribution in [0.15, 0.2) is 54.1 Å². The minimum atomic E-state index is -1.31. The Morgan fingerprint density at radius 2 is 1.63 bits per heavy atom. The first kappa shape index (κ1) is 43.6. The zero-order valence-electron chi connectivity index (χ0n) is 32.5. The van der Waals surface area contributed by atoms with Crippen LogP contribution in [0.4, 0.5) is 0 Å². The molecule has 1 aromatic rings. The van der Waals surface area contributed by atoms with E-state index in [-0.39, 0.29) is 48.0 Å². The SMILES string of the molecule is CN[C@H](C(=O)N[C@H](C(=O)N(C)[C@H](/C=C(\C)C(=O)N[C@H](CCC(=O)NCCCN1CC=CC1=O)C(=O)O)C(C)C)C(C)(C)C)C(C)(C)c1ccccc1. The molecule has 0 aliphatic carbocycles. The monoisotopic (exact) mass is 724 g/mol. The lowest BCUT2D eigenvalue weighted by Gasteiger charge is -2.40. The van der Waals surface area contributed by atoms with Crippen LogP contribution in [0.3, 0.4) is 0 Å². The molecule has 13 heteroatoms. The Morgan fingerprint density at radius 3 is 2.15 bits per heavy atom. The van der Waals surface area contributed by atoms with Crippen molar-refractivity contribution in [1.82, 2.24) is 31.1 Å². The number of nitrogens with zero attached hydrogens (tertiary/aromatic N) is 2. The van der Waals surface area contributed by atoms with E-state index in [0.717, 1.165) is 5.56 Å². The van der Waals surface area contributed by atoms with Gasteiger partial charge in [0.15, 0.2) is 0 Å². The van der Waals surface area contributed by atoms with Crippen molar-refractivity contribution in [1.29, 1.82) is 0 Å². The largest absolute Gasteiger partial charge is 0.480 e. The Morgan fingerprint density at radius 1 is 1.00 bits per heavy atom. The summed E-state index contributed by atoms with van der Waals surface area (Å²) in [5, 5.41) is 21.2. The molecular formula is C39H60N6O7. The van der Waals surface area contributed by atoms with Crippen LogP contribution in [0.2, 0.25) is 0 Å². The minimum absolute atomic E-state index is 0.0616. The maximum Gasteiger partial charge on any atom is 0.326 e. The first-order chi connectivity index (χ1) is 24.2. The average molecular weight is 725 g/mol. The molecule has 0 fully saturated rings. The van der Waals surface area contributed by atoms with Crippen LogP contribution in [0.5, 0.6) is 0 Å². The second-order valence-corrected chi connectivity index (χ2v) is 15.4. The molecule has 13 nitrogen and oxygen atoms in total. The maximum atomic E-state index is 14.2. The molecule has 52 heavy (non-hydrogen) atoms. The smallest absolute Gasteiger partial charge is 0.326 e. The highest BCUT2D eigenvalue weighted by atomic mass is 16.4. The van der Waals surface area contributed by atoms with Crippen molar-refractivity contribution in [3.8, 4) is 0 Å². The van der Waals surface area contributed by atoms with E-state index in [1.807, 2.05) is 78.8 Å². The second kappa shape index (κ2) is 19.4. The summed E-state index contributed by atoms with van der Waals surface area (Å²) in [7, 11) is 3.34. The highest BCUT2D eigenvalue weighted by Gasteiger charge is 2.41. The number of carboxylic acids is 1. The van der Waals surface area contributed by atoms with Gasteiger partial charge in [-0.25, -0.2) is 4.79 Å². The van der Waals surface area contributed by atoms with Gasteiger partial charge in [0.2, 0.25) is 29.5 Å². The van der Waals surface area contributed by atoms with E-state index in [9.17, 15) is 33.9 Å². The summed E-state index contributed by atoms with van der Waals surface area (Å²) in [4.78, 5) is 80.4. The molecule has 0 unspecified atom stereocenters. The first-order valence-corrected chi connectivity index (χ1v) is 18.0. The Labute approximate surface area is 309 Å². The predicted octanol–water partition coefficient (Wildman–Crippen LogP) is 2.77. The number of rotatable bonds is 19. The summed E-state index contributed by atoms with van der Waals surface area (Å²) in [6.07, 6.45) is 5.23. The van der Waals surface area contributed by atoms with Crippen LogP contribution >= 0.6 is 0 Å². The Balaban J connectivity index is 2.11. The molecule has 5 amide bonds. The Kier molecular flexibility index (Phi) is 16.2. The number of aliphatic carboxylic acids is 1. The van der Waals surface area contributed by atoms with Crippen molar-refractivity contribution in [2.45, 2.75) is 104 Å². The highest BCUT2D eigenvalue weighted by molar-refractivity contribution is 5.96. The lowest BCUT2D eigenvalue weighted by atomic mass is 9.76. The van der Waals surface area contributed by atoms with Gasteiger partial charge in [-0.3, -0.25) is 24.0 Å². The number of nitrogens with one attached hydrogen (secondary N) is 4. The molecule has 0 saturated carbocycles. The van der Waals surface area contributed by atoms with Crippen LogP contribution in [-0.4, -0.2) is 108 Å². The van der Waals surface area contributed by atoms with Crippen LogP contribution in [-0.2, 0) is 34.2 Å². The van der Waals surface area contributed by atoms with Crippen molar-refractivity contribution in [2.75, 3.05) is 33.7 Å². The zero-order chi connectivity index (χ0) is 39.4. The number of likely N-dealkylation sites (N-methyl/N-ethyl adjacent to an activating group) is 2. The van der Waals surface area contributed by atoms with Gasteiger partial charge in [0, 0.05) is 50.2 Å². The van der Waals surface area contributed by atoms with E-state index in [1.54, 1.807) is 38.1 Å². The van der Waals surface area contributed by atoms with E-state index in [4.69, 9.17) is 0 Å². The van der Waals surface area contributed by atoms with Gasteiger partial charge in [-0.15, -0.1) is 0 Å². The minimum Gasteiger partial charge on any atom is -0.480 e. The topological polar surface area (TPSA) is 177 Å². The molecule has 0 spiro atoms. The number of hydrogen-bond acceptors (Lipinski definition) is 7. The van der Waals surface area contributed by atoms with Gasteiger partial charge in [-0.2, -0.15) is 0 Å². The fraction of sp³-hybridized carbons (Fsp3) is 0.590. The van der Waals surface area contributed by atoms with Crippen LogP contribution in [0.1, 0.15) is 80.2 Å². The summed E-state index contributed by atoms with van der Waals surface area (Å²) < 4.78 is 0. The standard InChI is InChI=1S/C39H60N6O7/c1-25(2)29(24-26(3)34(48)42-28(37(51)52)19-20-30(46)41-21-15-23-45-22-14-18-31(45)47)44(10)36(50)33(38(4,5)6)43-35(49)32(40-9)39(7,8)27-16-12-11-13-17-27/h11-14,16-18,24-25,28-29,32-33,40H,15,19-23H2,1-10H3,(H,41,46)(H,42,48)(H,43,49)(H,51,52)/b26-24+/t28-,29-,32-,33-/m1/s1. The third-order valence-corrected chi connectivity index (χ3v) is 9.54. The van der Waals surface area contributed by atoms with Crippen molar-refractivity contribution >= 4 is 35.5 Å². The fourth-order valence-electron chi connectivity index (χ4n) is 6.23. The molecule has 4 atom stereocenters. The number of hydrogen-bond donors (Lipinski definition) is 5. The van der Waals surface area contributed by atoms with Crippen molar-refractivity contribution < 1.29 is 33.9 Å². The average Bonchev–Trinajstić information content (AvgIpc) is 3.49. The molecular weight excluding hydrogens is 664 g/mol. The number of amides is 5. The van der Waals surface area contributed by atoms with Crippen molar-refractivity contribution in [3.63, 3.8) is 0 Å². The number of carbonyl (C=O) groups excluding carboxylic acids is 5. The van der Waals surface area contributed by atoms with Crippen LogP contribution in [0, 0.1) is 11.3 Å². The van der Waals surface area contributed by atoms with E-state index in [0.29, 0.717) is 26.1 Å². The number of benzene rings is 1. The second-order valence-electron chi connectivity index (χ2n) is 15.4. The normalized spacial score (nSPS) is 15.9. The Hall–Kier alpha value is -4.52. The van der Waals surface area contributed by atoms with Gasteiger partial charge >= 0.3 is 5.97 Å². The predicted molar refractivity (Wildman–Crippen MR) is 201 cm³/mol. The van der Waals surface area contributed by atoms with Crippen molar-refractivity contribution in [3.05, 3.63) is 59.7 Å². The molecule has 5 N–H and O–H groups in total. The molecule has 0 aromatic heterocycles. The summed E-state index contributed by atoms with van der Waals surface area (Å²) in [5.41, 5.74) is -0.0970. The van der Waals surface area contributed by atoms with Gasteiger partial charge in [-0.05, 0) is 43.7 Å². The van der Waals surface area contributed by atoms with Crippen LogP contribution < -0.4 is 21.3 Å². The molecule has 0 radical (unpaired) electrons. The lowest BCUT2D eigenvalue weighted by molar-refractivity contribution is -0.141. The van der Waals surface area contributed by atoms with Gasteiger partial charge in [0.25, 0.3) is 0 Å². The summed E-state index contributed by atoms with van der Waals surface area (Å²) in [5.74, 6) is -3.14. The Bertz CT molecular complexity index is 1480. The number of carbonyl (C=O) groups is 6. The van der Waals surface area contributed by atoms with Gasteiger partial charge in [0.1, 0.15) is 12.1 Å². The highest BCUT2D eigenvalue weighted by Crippen LogP contribution is 2.29. The zero-order valence-corrected chi connectivity index (χ0v) is 32.5. The molecule has 0 bridgehead atoms. The van der Waals surface area contributed by atoms with Crippen LogP contribution in [0.25, 0.3) is 0 Å². The van der Waals surface area contributed by atoms with E-state index < -0.39 is 46.9 Å². The van der Waals surface area contributed by atoms with Gasteiger partial charge in [0.05, 0.1) is 12.1 Å². The third-order valence-electron chi connectivity index (χ3n) is 9.54. The molecule has 288 valence electrons. The van der Waals surface area contributed by atoms with Gasteiger partial charge in [-0.1, -0.05) is 91.0 Å². The molecule has 1 aliphatic heterocycles. The number of carboxylic acid groups (broad SMARTS) is 1. The quantitative estimate of drug-likeness (QED) is 0.107. The maximum absolute atomic E-state index is 14.2. The summed E-state index contributed by atoms with van der Waals surface area (Å²) >= 11 is 0. The van der Waals surface area contributed by atoms with Crippen molar-refractivity contribution in [2.24, 2.45) is 11.3 Å². The van der Waals surface area contributed by atoms with Gasteiger partial charge < -0.3 is 36.2 Å². The molecule has 1 aliphatic rings. The van der Waals surface area contributed by atoms with E-state index in [2.05, 4.69) is 21.3 Å². The summed E-state index contributed by atoms with van der Waals surface area (Å²) in [6.45, 7) is 16.3. The third kappa shape index (κ3) is 12.3. The lowest BCUT2D eigenvalue weighted by Crippen LogP contribution is -2.61. The first-order valence-electron chi connectivity index (χ1n) is 18.0. The van der Waals surface area contributed by atoms with E-state index >= 15 is 0 Å². The fourth-order valence-corrected chi connectivity index (χ4v) is 6.23.